The van der Waals surface area contributed by atoms with Crippen LogP contribution in [0.3, 0.4) is 0 Å². The molecule has 0 radical (unpaired) electrons. The van der Waals surface area contributed by atoms with Crippen molar-refractivity contribution >= 4 is 24.1 Å². The molecule has 10 heteroatoms. The van der Waals surface area contributed by atoms with Crippen molar-refractivity contribution in [2.24, 2.45) is 5.10 Å². The Bertz CT molecular complexity index is 1260. The molecule has 10 nitrogen and oxygen atoms in total. The fourth-order valence-corrected chi connectivity index (χ4v) is 4.33. The van der Waals surface area contributed by atoms with Gasteiger partial charge < -0.3 is 14.2 Å². The lowest BCUT2D eigenvalue weighted by Crippen LogP contribution is -2.51. The van der Waals surface area contributed by atoms with E-state index in [-0.39, 0.29) is 0 Å². The monoisotopic (exact) mass is 502 g/mol. The average Bonchev–Trinajstić information content (AvgIpc) is 3.18. The topological polar surface area (TPSA) is 119 Å². The highest BCUT2D eigenvalue weighted by Gasteiger charge is 2.55. The van der Waals surface area contributed by atoms with Crippen molar-refractivity contribution in [3.8, 4) is 17.2 Å². The Morgan fingerprint density at radius 1 is 0.919 bits per heavy atom. The minimum atomic E-state index is -1.52. The molecule has 1 saturated heterocycles. The summed E-state index contributed by atoms with van der Waals surface area (Å²) in [4.78, 5) is 40.4. The third-order valence-electron chi connectivity index (χ3n) is 6.02. The van der Waals surface area contributed by atoms with E-state index in [1.807, 2.05) is 12.1 Å². The van der Waals surface area contributed by atoms with E-state index in [2.05, 4.69) is 15.8 Å². The van der Waals surface area contributed by atoms with Crippen LogP contribution in [0.5, 0.6) is 17.2 Å². The number of hydrogen-bond acceptors (Lipinski definition) is 7. The van der Waals surface area contributed by atoms with Crippen LogP contribution in [0, 0.1) is 0 Å². The Kier molecular flexibility index (Phi) is 7.38. The lowest BCUT2D eigenvalue weighted by molar-refractivity contribution is -0.127. The smallest absolute Gasteiger partial charge is 0.326 e. The zero-order chi connectivity index (χ0) is 26.4. The average molecular weight is 503 g/mol. The number of carbonyl (C=O) groups excluding carboxylic acids is 3. The van der Waals surface area contributed by atoms with Gasteiger partial charge in [0.15, 0.2) is 5.54 Å². The Labute approximate surface area is 213 Å². The van der Waals surface area contributed by atoms with Crippen LogP contribution in [0.4, 0.5) is 4.79 Å². The SMILES string of the molecule is COc1cc(OC)c(/C=N/NC(=O)CN2C(=O)NC(=O)C2(c2ccccc2)c2ccccc2)c(OC)c1. The van der Waals surface area contributed by atoms with E-state index in [1.165, 1.54) is 32.4 Å². The van der Waals surface area contributed by atoms with E-state index < -0.39 is 29.9 Å². The van der Waals surface area contributed by atoms with Crippen LogP contribution in [0.1, 0.15) is 16.7 Å². The zero-order valence-electron chi connectivity index (χ0n) is 20.6. The molecular formula is C27H26N4O6. The molecule has 37 heavy (non-hydrogen) atoms. The summed E-state index contributed by atoms with van der Waals surface area (Å²) in [5, 5.41) is 6.39. The predicted octanol–water partition coefficient (Wildman–Crippen LogP) is 2.66. The van der Waals surface area contributed by atoms with E-state index in [4.69, 9.17) is 14.2 Å². The molecule has 2 N–H and O–H groups in total. The Morgan fingerprint density at radius 3 is 1.95 bits per heavy atom. The fraction of sp³-hybridized carbons (Fsp3) is 0.185. The highest BCUT2D eigenvalue weighted by atomic mass is 16.5. The highest BCUT2D eigenvalue weighted by Crippen LogP contribution is 2.39. The van der Waals surface area contributed by atoms with Crippen molar-refractivity contribution in [3.63, 3.8) is 0 Å². The van der Waals surface area contributed by atoms with Crippen molar-refractivity contribution < 1.29 is 28.6 Å². The molecule has 0 atom stereocenters. The lowest BCUT2D eigenvalue weighted by Gasteiger charge is -2.35. The molecule has 1 heterocycles. The number of nitrogens with zero attached hydrogens (tertiary/aromatic N) is 2. The van der Waals surface area contributed by atoms with Crippen LogP contribution in [0.2, 0.25) is 0 Å². The van der Waals surface area contributed by atoms with Crippen LogP contribution < -0.4 is 25.0 Å². The molecule has 4 rings (SSSR count). The number of imide groups is 1. The van der Waals surface area contributed by atoms with Crippen LogP contribution in [0.15, 0.2) is 77.9 Å². The van der Waals surface area contributed by atoms with Crippen LogP contribution in [-0.2, 0) is 15.1 Å². The molecule has 0 spiro atoms. The van der Waals surface area contributed by atoms with Crippen LogP contribution in [0.25, 0.3) is 0 Å². The van der Waals surface area contributed by atoms with E-state index in [9.17, 15) is 14.4 Å². The molecule has 3 aromatic rings. The van der Waals surface area contributed by atoms with E-state index in [0.717, 1.165) is 0 Å². The second-order valence-corrected chi connectivity index (χ2v) is 8.03. The van der Waals surface area contributed by atoms with E-state index in [1.54, 1.807) is 60.7 Å². The first-order valence-corrected chi connectivity index (χ1v) is 11.3. The molecule has 1 aliphatic heterocycles. The number of hydrazone groups is 1. The first-order valence-electron chi connectivity index (χ1n) is 11.3. The summed E-state index contributed by atoms with van der Waals surface area (Å²) in [6.45, 7) is -0.435. The normalized spacial score (nSPS) is 14.4. The molecule has 4 amide bonds. The Morgan fingerprint density at radius 2 is 1.46 bits per heavy atom. The molecule has 0 aromatic heterocycles. The van der Waals surface area contributed by atoms with E-state index in [0.29, 0.717) is 33.9 Å². The van der Waals surface area contributed by atoms with Crippen molar-refractivity contribution in [1.82, 2.24) is 15.6 Å². The largest absolute Gasteiger partial charge is 0.496 e. The van der Waals surface area contributed by atoms with E-state index >= 15 is 0 Å². The molecular weight excluding hydrogens is 476 g/mol. The first kappa shape index (κ1) is 25.2. The maximum absolute atomic E-state index is 13.3. The third-order valence-corrected chi connectivity index (χ3v) is 6.02. The van der Waals surface area contributed by atoms with Gasteiger partial charge >= 0.3 is 6.03 Å². The maximum atomic E-state index is 13.3. The molecule has 0 bridgehead atoms. The number of ether oxygens (including phenoxy) is 3. The fourth-order valence-electron chi connectivity index (χ4n) is 4.33. The number of hydrogen-bond donors (Lipinski definition) is 2. The summed E-state index contributed by atoms with van der Waals surface area (Å²) < 4.78 is 16.0. The van der Waals surface area contributed by atoms with Gasteiger partial charge in [0.1, 0.15) is 23.8 Å². The number of carbonyl (C=O) groups is 3. The first-order chi connectivity index (χ1) is 17.9. The van der Waals surface area contributed by atoms with Gasteiger partial charge in [-0.3, -0.25) is 19.8 Å². The number of urea groups is 1. The molecule has 3 aromatic carbocycles. The maximum Gasteiger partial charge on any atom is 0.326 e. The molecule has 190 valence electrons. The quantitative estimate of drug-likeness (QED) is 0.264. The highest BCUT2D eigenvalue weighted by molar-refractivity contribution is 6.10. The third kappa shape index (κ3) is 4.68. The standard InChI is InChI=1S/C27H26N4O6/c1-35-20-14-22(36-2)21(23(15-20)37-3)16-28-30-24(32)17-31-26(34)29-25(33)27(31,18-10-6-4-7-11-18)19-12-8-5-9-13-19/h4-16H,17H2,1-3H3,(H,30,32)(H,29,33,34)/b28-16+. The minimum Gasteiger partial charge on any atom is -0.496 e. The van der Waals surface area contributed by atoms with Gasteiger partial charge in [-0.2, -0.15) is 5.10 Å². The van der Waals surface area contributed by atoms with Gasteiger partial charge in [-0.05, 0) is 11.1 Å². The van der Waals surface area contributed by atoms with Gasteiger partial charge in [-0.25, -0.2) is 10.2 Å². The van der Waals surface area contributed by atoms with Gasteiger partial charge in [0.05, 0.1) is 33.1 Å². The Hall–Kier alpha value is -4.86. The number of methoxy groups -OCH3 is 3. The number of rotatable bonds is 9. The minimum absolute atomic E-state index is 0.422. The summed E-state index contributed by atoms with van der Waals surface area (Å²) in [5.74, 6) is 0.220. The number of nitrogens with one attached hydrogen (secondary N) is 2. The summed E-state index contributed by atoms with van der Waals surface area (Å²) >= 11 is 0. The van der Waals surface area contributed by atoms with Gasteiger partial charge in [-0.15, -0.1) is 0 Å². The zero-order valence-corrected chi connectivity index (χ0v) is 20.6. The predicted molar refractivity (Wildman–Crippen MR) is 136 cm³/mol. The van der Waals surface area contributed by atoms with Gasteiger partial charge in [0.25, 0.3) is 11.8 Å². The molecule has 0 unspecified atom stereocenters. The number of benzene rings is 3. The molecule has 0 saturated carbocycles. The molecule has 0 aliphatic carbocycles. The van der Waals surface area contributed by atoms with Crippen molar-refractivity contribution in [1.29, 1.82) is 0 Å². The number of amides is 4. The van der Waals surface area contributed by atoms with Crippen molar-refractivity contribution in [3.05, 3.63) is 89.5 Å². The van der Waals surface area contributed by atoms with Crippen LogP contribution in [-0.4, -0.2) is 56.8 Å². The van der Waals surface area contributed by atoms with Crippen molar-refractivity contribution in [2.45, 2.75) is 5.54 Å². The summed E-state index contributed by atoms with van der Waals surface area (Å²) in [6, 6.07) is 20.3. The van der Waals surface area contributed by atoms with Crippen LogP contribution >= 0.6 is 0 Å². The summed E-state index contributed by atoms with van der Waals surface area (Å²) in [7, 11) is 4.49. The van der Waals surface area contributed by atoms with Gasteiger partial charge in [-0.1, -0.05) is 60.7 Å². The molecule has 1 aliphatic rings. The summed E-state index contributed by atoms with van der Waals surface area (Å²) in [5.41, 5.74) is 2.47. The molecule has 1 fully saturated rings. The Balaban J connectivity index is 1.63. The lowest BCUT2D eigenvalue weighted by atomic mass is 9.81. The van der Waals surface area contributed by atoms with Crippen molar-refractivity contribution in [2.75, 3.05) is 27.9 Å². The second kappa shape index (κ2) is 10.8. The van der Waals surface area contributed by atoms with Gasteiger partial charge in [0, 0.05) is 12.1 Å². The summed E-state index contributed by atoms with van der Waals surface area (Å²) in [6.07, 6.45) is 1.37. The van der Waals surface area contributed by atoms with Gasteiger partial charge in [0.2, 0.25) is 0 Å². The second-order valence-electron chi connectivity index (χ2n) is 8.03.